The van der Waals surface area contributed by atoms with Crippen molar-refractivity contribution in [3.05, 3.63) is 11.6 Å². The van der Waals surface area contributed by atoms with Crippen LogP contribution in [0.25, 0.3) is 0 Å². The minimum Gasteiger partial charge on any atom is -0.317 e. The van der Waals surface area contributed by atoms with Gasteiger partial charge in [0.1, 0.15) is 0 Å². The summed E-state index contributed by atoms with van der Waals surface area (Å²) in [6.07, 6.45) is 8.65. The number of ketones is 1. The van der Waals surface area contributed by atoms with Crippen LogP contribution in [0.3, 0.4) is 0 Å². The molecule has 1 aliphatic rings. The van der Waals surface area contributed by atoms with E-state index in [-0.39, 0.29) is 0 Å². The molecule has 80 valence electrons. The molecule has 0 spiro atoms. The van der Waals surface area contributed by atoms with Gasteiger partial charge in [-0.2, -0.15) is 0 Å². The van der Waals surface area contributed by atoms with Crippen LogP contribution >= 0.6 is 0 Å². The number of allylic oxidation sites excluding steroid dienone is 2. The van der Waals surface area contributed by atoms with Gasteiger partial charge in [-0.05, 0) is 37.8 Å². The van der Waals surface area contributed by atoms with Gasteiger partial charge in [0.2, 0.25) is 0 Å². The molecule has 0 amide bonds. The van der Waals surface area contributed by atoms with E-state index >= 15 is 0 Å². The lowest BCUT2D eigenvalue weighted by Gasteiger charge is -2.04. The predicted octanol–water partition coefficient (Wildman–Crippen LogP) is 2.45. The van der Waals surface area contributed by atoms with Gasteiger partial charge in [-0.3, -0.25) is 4.79 Å². The summed E-state index contributed by atoms with van der Waals surface area (Å²) < 4.78 is 0. The first-order valence-electron chi connectivity index (χ1n) is 5.77. The zero-order valence-corrected chi connectivity index (χ0v) is 9.14. The second-order valence-corrected chi connectivity index (χ2v) is 3.86. The molecule has 0 saturated carbocycles. The molecule has 14 heavy (non-hydrogen) atoms. The molecule has 0 radical (unpaired) electrons. The Labute approximate surface area is 86.8 Å². The van der Waals surface area contributed by atoms with Gasteiger partial charge >= 0.3 is 0 Å². The number of hydrogen-bond donors (Lipinski definition) is 1. The van der Waals surface area contributed by atoms with Gasteiger partial charge in [0.15, 0.2) is 5.78 Å². The van der Waals surface area contributed by atoms with Crippen LogP contribution in [0.5, 0.6) is 0 Å². The van der Waals surface area contributed by atoms with E-state index in [2.05, 4.69) is 18.3 Å². The molecule has 0 aromatic rings. The maximum Gasteiger partial charge on any atom is 0.159 e. The molecule has 0 bridgehead atoms. The smallest absolute Gasteiger partial charge is 0.159 e. The van der Waals surface area contributed by atoms with Crippen molar-refractivity contribution in [3.8, 4) is 0 Å². The van der Waals surface area contributed by atoms with Crippen molar-refractivity contribution >= 4 is 5.78 Å². The largest absolute Gasteiger partial charge is 0.317 e. The van der Waals surface area contributed by atoms with Crippen LogP contribution in [0.1, 0.15) is 45.4 Å². The summed E-state index contributed by atoms with van der Waals surface area (Å²) in [4.78, 5) is 11.7. The maximum atomic E-state index is 11.7. The lowest BCUT2D eigenvalue weighted by Crippen LogP contribution is -2.18. The first-order chi connectivity index (χ1) is 6.84. The molecule has 0 aliphatic heterocycles. The highest BCUT2D eigenvalue weighted by molar-refractivity contribution is 5.95. The topological polar surface area (TPSA) is 29.1 Å². The minimum absolute atomic E-state index is 0.354. The number of carbonyl (C=O) groups is 1. The molecule has 0 atom stereocenters. The van der Waals surface area contributed by atoms with E-state index in [4.69, 9.17) is 0 Å². The molecule has 0 heterocycles. The van der Waals surface area contributed by atoms with Crippen LogP contribution in [0, 0.1) is 0 Å². The van der Waals surface area contributed by atoms with Crippen LogP contribution in [-0.4, -0.2) is 18.9 Å². The van der Waals surface area contributed by atoms with Crippen LogP contribution in [0.2, 0.25) is 0 Å². The van der Waals surface area contributed by atoms with Gasteiger partial charge in [-0.1, -0.05) is 19.4 Å². The van der Waals surface area contributed by atoms with E-state index in [1.165, 1.54) is 19.3 Å². The molecule has 1 N–H and O–H groups in total. The lowest BCUT2D eigenvalue weighted by molar-refractivity contribution is -0.115. The normalized spacial score (nSPS) is 17.4. The van der Waals surface area contributed by atoms with E-state index in [9.17, 15) is 4.79 Å². The summed E-state index contributed by atoms with van der Waals surface area (Å²) in [6.45, 7) is 3.84. The maximum absolute atomic E-state index is 11.7. The molecule has 2 nitrogen and oxygen atoms in total. The average Bonchev–Trinajstić information content (AvgIpc) is 2.46. The highest BCUT2D eigenvalue weighted by Gasteiger charge is 2.10. The van der Waals surface area contributed by atoms with Crippen LogP contribution in [0.15, 0.2) is 11.6 Å². The Morgan fingerprint density at radius 3 is 3.07 bits per heavy atom. The van der Waals surface area contributed by atoms with Gasteiger partial charge in [-0.15, -0.1) is 0 Å². The van der Waals surface area contributed by atoms with Gasteiger partial charge in [0.05, 0.1) is 0 Å². The van der Waals surface area contributed by atoms with E-state index < -0.39 is 0 Å². The highest BCUT2D eigenvalue weighted by Crippen LogP contribution is 2.18. The third kappa shape index (κ3) is 4.05. The number of Topliss-reactive ketones (excluding diaryl/α,β-unsaturated/α-hetero) is 1. The number of hydrogen-bond acceptors (Lipinski definition) is 2. The summed E-state index contributed by atoms with van der Waals surface area (Å²) in [7, 11) is 0. The van der Waals surface area contributed by atoms with Crippen molar-refractivity contribution in [2.75, 3.05) is 13.1 Å². The van der Waals surface area contributed by atoms with E-state index in [0.717, 1.165) is 31.5 Å². The molecular weight excluding hydrogens is 174 g/mol. The Morgan fingerprint density at radius 1 is 1.43 bits per heavy atom. The van der Waals surface area contributed by atoms with Crippen LogP contribution in [-0.2, 0) is 4.79 Å². The zero-order chi connectivity index (χ0) is 10.2. The second-order valence-electron chi connectivity index (χ2n) is 3.86. The standard InChI is InChI=1S/C12H21NO/c1-2-13-10-9-12(14)11-7-5-3-4-6-8-11/h7,13H,2-6,8-10H2,1H3. The Balaban J connectivity index is 2.30. The zero-order valence-electron chi connectivity index (χ0n) is 9.14. The second kappa shape index (κ2) is 6.77. The van der Waals surface area contributed by atoms with Crippen LogP contribution in [0.4, 0.5) is 0 Å². The van der Waals surface area contributed by atoms with Gasteiger partial charge in [0.25, 0.3) is 0 Å². The number of rotatable bonds is 5. The lowest BCUT2D eigenvalue weighted by atomic mass is 10.0. The summed E-state index contributed by atoms with van der Waals surface area (Å²) >= 11 is 0. The van der Waals surface area contributed by atoms with Gasteiger partial charge < -0.3 is 5.32 Å². The molecule has 2 heteroatoms. The van der Waals surface area contributed by atoms with Crippen molar-refractivity contribution in [3.63, 3.8) is 0 Å². The Bertz CT molecular complexity index is 208. The number of nitrogens with one attached hydrogen (secondary N) is 1. The quantitative estimate of drug-likeness (QED) is 0.683. The van der Waals surface area contributed by atoms with Crippen molar-refractivity contribution < 1.29 is 4.79 Å². The predicted molar refractivity (Wildman–Crippen MR) is 59.3 cm³/mol. The first-order valence-corrected chi connectivity index (χ1v) is 5.77. The minimum atomic E-state index is 0.354. The van der Waals surface area contributed by atoms with Gasteiger partial charge in [-0.25, -0.2) is 0 Å². The Kier molecular flexibility index (Phi) is 5.53. The molecule has 0 aromatic carbocycles. The fourth-order valence-corrected chi connectivity index (χ4v) is 1.81. The highest BCUT2D eigenvalue weighted by atomic mass is 16.1. The third-order valence-electron chi connectivity index (χ3n) is 2.68. The fraction of sp³-hybridized carbons (Fsp3) is 0.750. The number of carbonyl (C=O) groups excluding carboxylic acids is 1. The van der Waals surface area contributed by atoms with Crippen molar-refractivity contribution in [2.45, 2.75) is 45.4 Å². The van der Waals surface area contributed by atoms with Gasteiger partial charge in [0, 0.05) is 13.0 Å². The monoisotopic (exact) mass is 195 g/mol. The average molecular weight is 195 g/mol. The Hall–Kier alpha value is -0.630. The SMILES string of the molecule is CCNCCC(=O)C1=CCCCCC1. The molecular formula is C12H21NO. The van der Waals surface area contributed by atoms with E-state index in [1.54, 1.807) is 0 Å². The van der Waals surface area contributed by atoms with E-state index in [0.29, 0.717) is 12.2 Å². The van der Waals surface area contributed by atoms with Crippen molar-refractivity contribution in [1.29, 1.82) is 0 Å². The summed E-state index contributed by atoms with van der Waals surface area (Å²) in [5.41, 5.74) is 1.08. The Morgan fingerprint density at radius 2 is 2.29 bits per heavy atom. The van der Waals surface area contributed by atoms with Crippen molar-refractivity contribution in [2.24, 2.45) is 0 Å². The summed E-state index contributed by atoms with van der Waals surface area (Å²) in [5, 5.41) is 3.19. The molecule has 0 saturated heterocycles. The molecule has 1 aliphatic carbocycles. The fourth-order valence-electron chi connectivity index (χ4n) is 1.81. The van der Waals surface area contributed by atoms with Crippen molar-refractivity contribution in [1.82, 2.24) is 5.32 Å². The molecule has 0 unspecified atom stereocenters. The third-order valence-corrected chi connectivity index (χ3v) is 2.68. The summed E-state index contributed by atoms with van der Waals surface area (Å²) in [6, 6.07) is 0. The summed E-state index contributed by atoms with van der Waals surface area (Å²) in [5.74, 6) is 0.354. The van der Waals surface area contributed by atoms with E-state index in [1.807, 2.05) is 0 Å². The first kappa shape index (κ1) is 11.4. The molecule has 0 fully saturated rings. The molecule has 1 rings (SSSR count). The van der Waals surface area contributed by atoms with Crippen LogP contribution < -0.4 is 5.32 Å². The molecule has 0 aromatic heterocycles.